The summed E-state index contributed by atoms with van der Waals surface area (Å²) in [6, 6.07) is 0. The van der Waals surface area contributed by atoms with Gasteiger partial charge >= 0.3 is 0 Å². The molecule has 26 heavy (non-hydrogen) atoms. The first-order chi connectivity index (χ1) is 12.3. The SMILES string of the molecule is CC(=NO)[C@H]1CCC2C3CCC4=CC(=NO)CC[C@]4(C)C3[C@@H](O)C[C@@]21C. The van der Waals surface area contributed by atoms with E-state index in [1.54, 1.807) is 0 Å². The van der Waals surface area contributed by atoms with Crippen LogP contribution in [0.3, 0.4) is 0 Å². The number of allylic oxidation sites excluding steroid dienone is 2. The number of rotatable bonds is 1. The van der Waals surface area contributed by atoms with Gasteiger partial charge in [0.1, 0.15) is 0 Å². The molecule has 144 valence electrons. The summed E-state index contributed by atoms with van der Waals surface area (Å²) in [6.07, 6.45) is 8.66. The molecular formula is C21H32N2O3. The molecule has 0 aliphatic heterocycles. The highest BCUT2D eigenvalue weighted by Crippen LogP contribution is 2.66. The number of aliphatic hydroxyl groups is 1. The van der Waals surface area contributed by atoms with Crippen molar-refractivity contribution in [3.8, 4) is 0 Å². The quantitative estimate of drug-likeness (QED) is 0.372. The van der Waals surface area contributed by atoms with Crippen LogP contribution in [-0.2, 0) is 0 Å². The van der Waals surface area contributed by atoms with Crippen molar-refractivity contribution in [3.05, 3.63) is 11.6 Å². The molecule has 5 nitrogen and oxygen atoms in total. The van der Waals surface area contributed by atoms with E-state index < -0.39 is 0 Å². The van der Waals surface area contributed by atoms with Crippen LogP contribution in [0.1, 0.15) is 65.7 Å². The maximum atomic E-state index is 11.3. The van der Waals surface area contributed by atoms with Crippen LogP contribution in [0.15, 0.2) is 22.0 Å². The smallest absolute Gasteiger partial charge is 0.0795 e. The molecule has 0 aromatic rings. The molecule has 0 spiro atoms. The number of hydrogen-bond donors (Lipinski definition) is 3. The van der Waals surface area contributed by atoms with Gasteiger partial charge in [-0.25, -0.2) is 0 Å². The second-order valence-electron chi connectivity index (χ2n) is 9.66. The Kier molecular flexibility index (Phi) is 4.22. The zero-order valence-corrected chi connectivity index (χ0v) is 16.1. The molecule has 0 aromatic carbocycles. The summed E-state index contributed by atoms with van der Waals surface area (Å²) in [5, 5.41) is 36.8. The molecule has 3 fully saturated rings. The molecule has 7 atom stereocenters. The van der Waals surface area contributed by atoms with Gasteiger partial charge in [0.15, 0.2) is 0 Å². The molecule has 0 radical (unpaired) electrons. The zero-order chi connectivity index (χ0) is 18.7. The first-order valence-corrected chi connectivity index (χ1v) is 10.1. The van der Waals surface area contributed by atoms with Crippen LogP contribution in [0.2, 0.25) is 0 Å². The highest BCUT2D eigenvalue weighted by Gasteiger charge is 2.62. The summed E-state index contributed by atoms with van der Waals surface area (Å²) >= 11 is 0. The van der Waals surface area contributed by atoms with E-state index in [-0.39, 0.29) is 28.8 Å². The van der Waals surface area contributed by atoms with Crippen LogP contribution in [0.25, 0.3) is 0 Å². The third-order valence-electron chi connectivity index (χ3n) is 8.70. The van der Waals surface area contributed by atoms with Gasteiger partial charge in [-0.3, -0.25) is 0 Å². The van der Waals surface area contributed by atoms with Crippen LogP contribution in [-0.4, -0.2) is 33.0 Å². The average molecular weight is 360 g/mol. The Labute approximate surface area is 155 Å². The molecule has 0 aromatic heterocycles. The molecule has 5 heteroatoms. The summed E-state index contributed by atoms with van der Waals surface area (Å²) in [7, 11) is 0. The van der Waals surface area contributed by atoms with Gasteiger partial charge < -0.3 is 15.5 Å². The highest BCUT2D eigenvalue weighted by molar-refractivity contribution is 5.96. The highest BCUT2D eigenvalue weighted by atomic mass is 16.4. The second kappa shape index (κ2) is 6.08. The normalized spacial score (nSPS) is 50.0. The fraction of sp³-hybridized carbons (Fsp3) is 0.810. The van der Waals surface area contributed by atoms with E-state index in [2.05, 4.69) is 30.2 Å². The van der Waals surface area contributed by atoms with Crippen LogP contribution in [0.5, 0.6) is 0 Å². The number of oxime groups is 2. The predicted octanol–water partition coefficient (Wildman–Crippen LogP) is 4.22. The Balaban J connectivity index is 1.70. The molecule has 3 N–H and O–H groups in total. The lowest BCUT2D eigenvalue weighted by molar-refractivity contribution is -0.121. The Morgan fingerprint density at radius 2 is 1.92 bits per heavy atom. The number of fused-ring (bicyclic) bond motifs is 5. The van der Waals surface area contributed by atoms with Crippen molar-refractivity contribution in [1.29, 1.82) is 0 Å². The van der Waals surface area contributed by atoms with Crippen LogP contribution >= 0.6 is 0 Å². The standard InChI is InChI=1S/C21H32N2O3/c1-12(22-25)16-6-7-17-15-5-4-13-10-14(23-26)8-9-20(13,2)19(15)18(24)11-21(16,17)3/h10,15-19,24-26H,4-9,11H2,1-3H3/t15?,16-,17?,18+,19?,20+,21-/m1/s1. The molecule has 0 heterocycles. The van der Waals surface area contributed by atoms with Crippen molar-refractivity contribution in [2.24, 2.45) is 44.8 Å². The van der Waals surface area contributed by atoms with Crippen molar-refractivity contribution in [2.75, 3.05) is 0 Å². The summed E-state index contributed by atoms with van der Waals surface area (Å²) in [4.78, 5) is 0. The molecule has 0 bridgehead atoms. The molecule has 0 amide bonds. The largest absolute Gasteiger partial charge is 0.411 e. The Morgan fingerprint density at radius 3 is 2.62 bits per heavy atom. The first-order valence-electron chi connectivity index (χ1n) is 10.1. The van der Waals surface area contributed by atoms with Crippen molar-refractivity contribution in [3.63, 3.8) is 0 Å². The zero-order valence-electron chi connectivity index (χ0n) is 16.1. The summed E-state index contributed by atoms with van der Waals surface area (Å²) in [5.74, 6) is 1.67. The van der Waals surface area contributed by atoms with Gasteiger partial charge in [-0.05, 0) is 86.5 Å². The minimum absolute atomic E-state index is 0.00997. The summed E-state index contributed by atoms with van der Waals surface area (Å²) in [5.41, 5.74) is 3.01. The minimum atomic E-state index is -0.324. The molecule has 4 aliphatic rings. The van der Waals surface area contributed by atoms with Gasteiger partial charge in [-0.15, -0.1) is 0 Å². The van der Waals surface area contributed by atoms with E-state index in [1.165, 1.54) is 12.0 Å². The monoisotopic (exact) mass is 360 g/mol. The van der Waals surface area contributed by atoms with E-state index >= 15 is 0 Å². The third kappa shape index (κ3) is 2.32. The molecule has 3 saturated carbocycles. The molecule has 3 unspecified atom stereocenters. The summed E-state index contributed by atoms with van der Waals surface area (Å²) in [6.45, 7) is 6.56. The van der Waals surface area contributed by atoms with E-state index in [0.717, 1.165) is 49.9 Å². The molecule has 0 saturated heterocycles. The van der Waals surface area contributed by atoms with Crippen molar-refractivity contribution in [2.45, 2.75) is 71.8 Å². The Bertz CT molecular complexity index is 685. The van der Waals surface area contributed by atoms with Crippen LogP contribution in [0.4, 0.5) is 0 Å². The number of hydrogen-bond acceptors (Lipinski definition) is 5. The number of nitrogens with zero attached hydrogens (tertiary/aromatic N) is 2. The molecule has 4 rings (SSSR count). The fourth-order valence-corrected chi connectivity index (χ4v) is 7.53. The topological polar surface area (TPSA) is 85.4 Å². The van der Waals surface area contributed by atoms with Crippen molar-refractivity contribution >= 4 is 11.4 Å². The summed E-state index contributed by atoms with van der Waals surface area (Å²) < 4.78 is 0. The van der Waals surface area contributed by atoms with Crippen molar-refractivity contribution < 1.29 is 15.5 Å². The first kappa shape index (κ1) is 18.0. The average Bonchev–Trinajstić information content (AvgIpc) is 2.96. The van der Waals surface area contributed by atoms with Gasteiger partial charge in [0, 0.05) is 5.92 Å². The Hall–Kier alpha value is -1.36. The van der Waals surface area contributed by atoms with Crippen molar-refractivity contribution in [1.82, 2.24) is 0 Å². The van der Waals surface area contributed by atoms with E-state index in [0.29, 0.717) is 11.8 Å². The van der Waals surface area contributed by atoms with Crippen LogP contribution < -0.4 is 0 Å². The van der Waals surface area contributed by atoms with E-state index in [4.69, 9.17) is 0 Å². The molecular weight excluding hydrogens is 328 g/mol. The fourth-order valence-electron chi connectivity index (χ4n) is 7.53. The minimum Gasteiger partial charge on any atom is -0.411 e. The molecule has 4 aliphatic carbocycles. The van der Waals surface area contributed by atoms with Gasteiger partial charge in [-0.1, -0.05) is 29.7 Å². The van der Waals surface area contributed by atoms with E-state index in [1.807, 2.05) is 6.92 Å². The van der Waals surface area contributed by atoms with Gasteiger partial charge in [0.2, 0.25) is 0 Å². The lowest BCUT2D eigenvalue weighted by Crippen LogP contribution is -2.57. The predicted molar refractivity (Wildman–Crippen MR) is 101 cm³/mol. The number of aliphatic hydroxyl groups excluding tert-OH is 1. The van der Waals surface area contributed by atoms with Crippen LogP contribution in [0, 0.1) is 34.5 Å². The second-order valence-corrected chi connectivity index (χ2v) is 9.66. The van der Waals surface area contributed by atoms with E-state index in [9.17, 15) is 15.5 Å². The van der Waals surface area contributed by atoms with Gasteiger partial charge in [0.05, 0.1) is 17.5 Å². The Morgan fingerprint density at radius 1 is 1.15 bits per heavy atom. The lowest BCUT2D eigenvalue weighted by atomic mass is 9.46. The van der Waals surface area contributed by atoms with Gasteiger partial charge in [0.25, 0.3) is 0 Å². The third-order valence-corrected chi connectivity index (χ3v) is 8.70. The maximum absolute atomic E-state index is 11.3. The maximum Gasteiger partial charge on any atom is 0.0795 e. The lowest BCUT2D eigenvalue weighted by Gasteiger charge is -2.60. The van der Waals surface area contributed by atoms with Gasteiger partial charge in [-0.2, -0.15) is 0 Å².